The molecule has 482 valence electrons. The van der Waals surface area contributed by atoms with Crippen LogP contribution in [0.4, 0.5) is 0 Å². The van der Waals surface area contributed by atoms with E-state index in [4.69, 9.17) is 47.4 Å². The van der Waals surface area contributed by atoms with Crippen molar-refractivity contribution >= 4 is 53.7 Å². The van der Waals surface area contributed by atoms with E-state index in [1.54, 1.807) is 0 Å². The van der Waals surface area contributed by atoms with Crippen LogP contribution in [0.15, 0.2) is 0 Å². The van der Waals surface area contributed by atoms with E-state index in [1.165, 1.54) is 27.9 Å². The Kier molecular flexibility index (Phi) is 31.3. The van der Waals surface area contributed by atoms with Crippen molar-refractivity contribution in [1.29, 1.82) is 0 Å². The van der Waals surface area contributed by atoms with Crippen molar-refractivity contribution < 1.29 is 152 Å². The maximum absolute atomic E-state index is 14.5. The fourth-order valence-corrected chi connectivity index (χ4v) is 6.00. The van der Waals surface area contributed by atoms with E-state index in [0.29, 0.717) is 0 Å². The maximum Gasteiger partial charge on any atom is 0.318 e. The molecule has 0 aliphatic heterocycles. The van der Waals surface area contributed by atoms with E-state index >= 15 is 0 Å². The number of hydrogen-bond acceptors (Lipinski definition) is 31. The van der Waals surface area contributed by atoms with Crippen LogP contribution in [0.25, 0.3) is 0 Å². The lowest BCUT2D eigenvalue weighted by atomic mass is 9.86. The summed E-state index contributed by atoms with van der Waals surface area (Å²) in [6.45, 7) is -12.1. The van der Waals surface area contributed by atoms with Crippen LogP contribution in [0.2, 0.25) is 0 Å². The van der Waals surface area contributed by atoms with Crippen molar-refractivity contribution in [2.75, 3.05) is 152 Å². The average Bonchev–Trinajstić information content (AvgIpc) is 3.63. The third kappa shape index (κ3) is 20.2. The van der Waals surface area contributed by atoms with Crippen LogP contribution in [0.3, 0.4) is 0 Å². The van der Waals surface area contributed by atoms with Gasteiger partial charge in [0.25, 0.3) is 0 Å². The molecule has 0 aliphatic rings. The molecule has 31 heteroatoms. The third-order valence-electron chi connectivity index (χ3n) is 14.3. The first kappa shape index (κ1) is 77.7. The van der Waals surface area contributed by atoms with Crippen LogP contribution < -0.4 is 0 Å². The summed E-state index contributed by atoms with van der Waals surface area (Å²) in [5, 5.41) is 120. The van der Waals surface area contributed by atoms with Gasteiger partial charge in [-0.25, -0.2) is 0 Å². The van der Waals surface area contributed by atoms with Crippen molar-refractivity contribution in [1.82, 2.24) is 0 Å². The van der Waals surface area contributed by atoms with Crippen LogP contribution >= 0.6 is 0 Å². The Morgan fingerprint density at radius 3 is 0.675 bits per heavy atom. The molecule has 0 spiro atoms. The van der Waals surface area contributed by atoms with Gasteiger partial charge in [-0.1, -0.05) is 6.92 Å². The molecule has 31 nitrogen and oxygen atoms in total. The van der Waals surface area contributed by atoms with Gasteiger partial charge in [-0.05, 0) is 61.8 Å². The number of ether oxygens (including phenoxy) is 10. The van der Waals surface area contributed by atoms with E-state index in [9.17, 15) is 104 Å². The Balaban J connectivity index is 8.02. The molecular weight excluding hydrogens is 1120 g/mol. The first-order valence-electron chi connectivity index (χ1n) is 25.9. The summed E-state index contributed by atoms with van der Waals surface area (Å²) >= 11 is 0. The highest BCUT2D eigenvalue weighted by molar-refractivity contribution is 5.83. The number of methoxy groups -OCH3 is 1. The summed E-state index contributed by atoms with van der Waals surface area (Å²) in [6.07, 6.45) is -0.402. The summed E-state index contributed by atoms with van der Waals surface area (Å²) in [5.41, 5.74) is -20.8. The highest BCUT2D eigenvalue weighted by atomic mass is 16.6. The summed E-state index contributed by atoms with van der Waals surface area (Å²) in [7, 11) is 1.18. The molecule has 0 bridgehead atoms. The number of aliphatic hydroxyl groups excluding tert-OH is 12. The zero-order valence-corrected chi connectivity index (χ0v) is 48.9. The predicted octanol–water partition coefficient (Wildman–Crippen LogP) is -5.14. The van der Waals surface area contributed by atoms with Crippen molar-refractivity contribution in [2.45, 2.75) is 68.7 Å². The molecule has 0 radical (unpaired) electrons. The smallest absolute Gasteiger partial charge is 0.318 e. The lowest BCUT2D eigenvalue weighted by molar-refractivity contribution is -0.190. The molecule has 0 rings (SSSR count). The summed E-state index contributed by atoms with van der Waals surface area (Å²) in [6, 6.07) is 0. The van der Waals surface area contributed by atoms with Crippen molar-refractivity contribution in [3.8, 4) is 0 Å². The number of carbonyl (C=O) groups excluding carboxylic acids is 9. The molecule has 0 saturated carbocycles. The molecule has 0 fully saturated rings. The quantitative estimate of drug-likeness (QED) is 0.0201. The molecule has 4 atom stereocenters. The second kappa shape index (κ2) is 33.4. The minimum atomic E-state index is -2.46. The summed E-state index contributed by atoms with van der Waals surface area (Å²) in [5.74, 6) is -11.8. The second-order valence-corrected chi connectivity index (χ2v) is 23.1. The predicted molar refractivity (Wildman–Crippen MR) is 276 cm³/mol. The fraction of sp³-hybridized carbons (Fsp3) is 0.827. The second-order valence-electron chi connectivity index (χ2n) is 23.1. The van der Waals surface area contributed by atoms with Crippen LogP contribution in [0.5, 0.6) is 0 Å². The van der Waals surface area contributed by atoms with E-state index in [-0.39, 0.29) is 0 Å². The lowest BCUT2D eigenvalue weighted by Crippen LogP contribution is -2.51. The largest absolute Gasteiger partial charge is 0.464 e. The molecule has 0 amide bonds. The highest BCUT2D eigenvalue weighted by Gasteiger charge is 2.50. The fourth-order valence-electron chi connectivity index (χ4n) is 6.00. The molecule has 12 N–H and O–H groups in total. The number of esters is 9. The van der Waals surface area contributed by atoms with Crippen LogP contribution in [0, 0.1) is 54.1 Å². The molecule has 0 aromatic rings. The van der Waals surface area contributed by atoms with Crippen molar-refractivity contribution in [2.24, 2.45) is 54.1 Å². The number of hydrogen-bond donors (Lipinski definition) is 12. The molecule has 83 heavy (non-hydrogen) atoms. The summed E-state index contributed by atoms with van der Waals surface area (Å²) in [4.78, 5) is 122. The van der Waals surface area contributed by atoms with Crippen LogP contribution in [0.1, 0.15) is 68.7 Å². The Morgan fingerprint density at radius 1 is 0.253 bits per heavy atom. The van der Waals surface area contributed by atoms with Crippen molar-refractivity contribution in [3.63, 3.8) is 0 Å². The Hall–Kier alpha value is -5.29. The molecule has 0 saturated heterocycles. The number of aliphatic hydroxyl groups is 12. The minimum absolute atomic E-state index is 0.402. The lowest BCUT2D eigenvalue weighted by Gasteiger charge is -2.37. The third-order valence-corrected chi connectivity index (χ3v) is 14.3. The van der Waals surface area contributed by atoms with Gasteiger partial charge in [0.15, 0.2) is 0 Å². The SMILES string of the molecule is CCC(CO)(COC(=O)C(C)(COC)COC(=O)C(C)(CO)CO)C(=O)OCC(COC(=O)C(C)(CO)CO)(COC(=O)C(C)(CO)COC(=O)C(C)(CO)CO)COC(=O)C(C)(COC(=O)C(C)(CO)CO)COC(=O)C(C)(CO)CO. The van der Waals surface area contributed by atoms with E-state index in [0.717, 1.165) is 41.5 Å². The van der Waals surface area contributed by atoms with Crippen LogP contribution in [-0.4, -0.2) is 267 Å². The molecule has 0 aliphatic carbocycles. The van der Waals surface area contributed by atoms with E-state index < -0.39 is 260 Å². The molecular formula is C52H88O31. The van der Waals surface area contributed by atoms with Gasteiger partial charge in [-0.2, -0.15) is 0 Å². The van der Waals surface area contributed by atoms with Gasteiger partial charge in [0.1, 0.15) is 114 Å². The molecule has 0 heterocycles. The molecule has 0 aromatic heterocycles. The standard InChI is InChI=1S/C52H88O31/c1-11-52(23-64,33-83-40(71)49(8,24-74-10)26-76-35(66)44(3,14-55)15-56)42(73)82-32-51(29-79-38(69)47(6,20-61)21-62,30-80-39(70)48(7,22-63)25-75-34(65)43(2,12-53)13-54)31-81-41(72)50(9,27-77-36(67)45(4,16-57)17-58)28-78-37(68)46(5,18-59)19-60/h53-64H,11-33H2,1-10H3. The summed E-state index contributed by atoms with van der Waals surface area (Å²) < 4.78 is 54.1. The van der Waals surface area contributed by atoms with Gasteiger partial charge in [0, 0.05) is 7.11 Å². The zero-order chi connectivity index (χ0) is 64.5. The number of carbonyl (C=O) groups is 9. The Bertz CT molecular complexity index is 2090. The van der Waals surface area contributed by atoms with Gasteiger partial charge in [0.05, 0.1) is 85.9 Å². The van der Waals surface area contributed by atoms with E-state index in [2.05, 4.69) is 0 Å². The van der Waals surface area contributed by atoms with Crippen LogP contribution in [-0.2, 0) is 90.5 Å². The van der Waals surface area contributed by atoms with Gasteiger partial charge in [-0.15, -0.1) is 0 Å². The van der Waals surface area contributed by atoms with Gasteiger partial charge in [-0.3, -0.25) is 43.2 Å². The van der Waals surface area contributed by atoms with Gasteiger partial charge < -0.3 is 109 Å². The first-order valence-corrected chi connectivity index (χ1v) is 25.9. The van der Waals surface area contributed by atoms with Gasteiger partial charge in [0.2, 0.25) is 0 Å². The maximum atomic E-state index is 14.5. The molecule has 0 aromatic carbocycles. The monoisotopic (exact) mass is 1210 g/mol. The van der Waals surface area contributed by atoms with Gasteiger partial charge >= 0.3 is 53.7 Å². The Labute approximate surface area is 479 Å². The van der Waals surface area contributed by atoms with Crippen molar-refractivity contribution in [3.05, 3.63) is 0 Å². The number of rotatable bonds is 42. The Morgan fingerprint density at radius 2 is 0.446 bits per heavy atom. The van der Waals surface area contributed by atoms with E-state index in [1.807, 2.05) is 0 Å². The normalized spacial score (nSPS) is 15.4. The highest BCUT2D eigenvalue weighted by Crippen LogP contribution is 2.34. The topological polar surface area (TPSA) is 489 Å². The average molecular weight is 1210 g/mol. The first-order chi connectivity index (χ1) is 38.5. The zero-order valence-electron chi connectivity index (χ0n) is 48.9. The molecule has 4 unspecified atom stereocenters. The minimum Gasteiger partial charge on any atom is -0.464 e.